The molecule has 0 aliphatic heterocycles. The van der Waals surface area contributed by atoms with Crippen LogP contribution in [-0.2, 0) is 5.41 Å². The van der Waals surface area contributed by atoms with Crippen molar-refractivity contribution in [3.8, 4) is 22.3 Å². The van der Waals surface area contributed by atoms with E-state index in [1.807, 2.05) is 0 Å². The normalized spacial score (nSPS) is 12.7. The molecule has 0 saturated carbocycles. The monoisotopic (exact) mass is 804 g/mol. The molecule has 11 aromatic rings. The largest absolute Gasteiger partial charge is 0.310 e. The highest BCUT2D eigenvalue weighted by Crippen LogP contribution is 2.52. The molecule has 0 spiro atoms. The Balaban J connectivity index is 1.00. The zero-order chi connectivity index (χ0) is 42.1. The predicted molar refractivity (Wildman–Crippen MR) is 269 cm³/mol. The number of anilines is 6. The van der Waals surface area contributed by atoms with E-state index in [9.17, 15) is 0 Å². The van der Waals surface area contributed by atoms with E-state index in [-0.39, 0.29) is 5.41 Å². The van der Waals surface area contributed by atoms with Gasteiger partial charge in [0.25, 0.3) is 0 Å². The third-order valence-electron chi connectivity index (χ3n) is 13.4. The molecule has 2 nitrogen and oxygen atoms in total. The van der Waals surface area contributed by atoms with Crippen molar-refractivity contribution in [2.45, 2.75) is 19.3 Å². The molecular weight excluding hydrogens is 761 g/mol. The summed E-state index contributed by atoms with van der Waals surface area (Å²) in [5, 5.41) is 9.72. The van der Waals surface area contributed by atoms with E-state index in [1.54, 1.807) is 0 Å². The van der Waals surface area contributed by atoms with E-state index in [2.05, 4.69) is 254 Å². The number of rotatable bonds is 7. The third-order valence-corrected chi connectivity index (χ3v) is 13.4. The zero-order valence-electron chi connectivity index (χ0n) is 35.3. The van der Waals surface area contributed by atoms with E-state index in [4.69, 9.17) is 0 Å². The van der Waals surface area contributed by atoms with Crippen molar-refractivity contribution < 1.29 is 0 Å². The van der Waals surface area contributed by atoms with Crippen LogP contribution in [0.4, 0.5) is 34.1 Å². The Morgan fingerprint density at radius 1 is 0.286 bits per heavy atom. The molecule has 298 valence electrons. The second-order valence-corrected chi connectivity index (χ2v) is 17.3. The van der Waals surface area contributed by atoms with Crippen LogP contribution in [0.15, 0.2) is 231 Å². The predicted octanol–water partition coefficient (Wildman–Crippen LogP) is 17.2. The molecule has 2 heteroatoms. The SMILES string of the molecule is CC1(C)c2ccccc2-c2ccc(N(c3cccc4ccccc34)c3ccc(-c4ccc(N(c5ccc6ccccc6c5)c5cccc6ccccc56)cc4)c4ccccc34)cc21. The summed E-state index contributed by atoms with van der Waals surface area (Å²) in [6.07, 6.45) is 0. The Bertz CT molecular complexity index is 3550. The third kappa shape index (κ3) is 6.02. The fourth-order valence-corrected chi connectivity index (χ4v) is 10.3. The van der Waals surface area contributed by atoms with Crippen molar-refractivity contribution in [1.82, 2.24) is 0 Å². The second kappa shape index (κ2) is 14.6. The Kier molecular flexibility index (Phi) is 8.55. The molecule has 1 aliphatic carbocycles. The van der Waals surface area contributed by atoms with Crippen molar-refractivity contribution >= 4 is 77.2 Å². The zero-order valence-corrected chi connectivity index (χ0v) is 35.3. The molecule has 0 fully saturated rings. The summed E-state index contributed by atoms with van der Waals surface area (Å²) in [4.78, 5) is 4.89. The number of hydrogen-bond acceptors (Lipinski definition) is 2. The minimum Gasteiger partial charge on any atom is -0.310 e. The first-order chi connectivity index (χ1) is 31.0. The van der Waals surface area contributed by atoms with Gasteiger partial charge in [-0.25, -0.2) is 0 Å². The van der Waals surface area contributed by atoms with E-state index in [0.717, 1.165) is 34.1 Å². The lowest BCUT2D eigenvalue weighted by molar-refractivity contribution is 0.660. The van der Waals surface area contributed by atoms with Crippen molar-refractivity contribution in [1.29, 1.82) is 0 Å². The summed E-state index contributed by atoms with van der Waals surface area (Å²) >= 11 is 0. The standard InChI is InChI=1S/C61H44N2/c1-61(2)56-26-12-11-24-53(56)54-36-35-48(40-57(54)61)63(59-28-14-20-43-17-6-8-22-51(43)59)60-38-37-49(52-23-9-10-25-55(52)60)44-30-32-46(33-31-44)62(47-34-29-41-15-3-4-18-45(41)39-47)58-27-13-19-42-16-5-7-21-50(42)58/h3-40H,1-2H3. The van der Waals surface area contributed by atoms with Crippen molar-refractivity contribution in [2.24, 2.45) is 0 Å². The maximum absolute atomic E-state index is 2.49. The Hall–Kier alpha value is -7.94. The molecule has 0 amide bonds. The molecule has 0 N–H and O–H groups in total. The van der Waals surface area contributed by atoms with Gasteiger partial charge >= 0.3 is 0 Å². The average Bonchev–Trinajstić information content (AvgIpc) is 3.57. The average molecular weight is 805 g/mol. The minimum atomic E-state index is -0.123. The van der Waals surface area contributed by atoms with Crippen LogP contribution >= 0.6 is 0 Å². The molecule has 0 unspecified atom stereocenters. The highest BCUT2D eigenvalue weighted by molar-refractivity contribution is 6.09. The van der Waals surface area contributed by atoms with Gasteiger partial charge in [-0.15, -0.1) is 0 Å². The fourth-order valence-electron chi connectivity index (χ4n) is 10.3. The summed E-state index contributed by atoms with van der Waals surface area (Å²) in [5.74, 6) is 0. The van der Waals surface area contributed by atoms with E-state index < -0.39 is 0 Å². The number of nitrogens with zero attached hydrogens (tertiary/aromatic N) is 2. The number of hydrogen-bond donors (Lipinski definition) is 0. The van der Waals surface area contributed by atoms with E-state index in [1.165, 1.54) is 76.5 Å². The van der Waals surface area contributed by atoms with Crippen LogP contribution in [-0.4, -0.2) is 0 Å². The molecule has 11 aromatic carbocycles. The summed E-state index contributed by atoms with van der Waals surface area (Å²) < 4.78 is 0. The van der Waals surface area contributed by atoms with Crippen LogP contribution in [0.2, 0.25) is 0 Å². The van der Waals surface area contributed by atoms with Crippen LogP contribution in [0.3, 0.4) is 0 Å². The van der Waals surface area contributed by atoms with E-state index >= 15 is 0 Å². The Morgan fingerprint density at radius 3 is 1.51 bits per heavy atom. The van der Waals surface area contributed by atoms with Gasteiger partial charge in [-0.2, -0.15) is 0 Å². The Morgan fingerprint density at radius 2 is 0.778 bits per heavy atom. The molecule has 0 atom stereocenters. The first kappa shape index (κ1) is 36.9. The number of benzene rings is 11. The molecule has 1 aliphatic rings. The minimum absolute atomic E-state index is 0.123. The van der Waals surface area contributed by atoms with Gasteiger partial charge in [0.2, 0.25) is 0 Å². The van der Waals surface area contributed by atoms with Crippen LogP contribution in [0, 0.1) is 0 Å². The summed E-state index contributed by atoms with van der Waals surface area (Å²) in [6, 6.07) is 84.8. The van der Waals surface area contributed by atoms with Crippen molar-refractivity contribution in [3.05, 3.63) is 242 Å². The highest BCUT2D eigenvalue weighted by atomic mass is 15.2. The maximum atomic E-state index is 2.49. The topological polar surface area (TPSA) is 6.48 Å². The van der Waals surface area contributed by atoms with Crippen LogP contribution in [0.1, 0.15) is 25.0 Å². The quantitative estimate of drug-likeness (QED) is 0.158. The van der Waals surface area contributed by atoms with Crippen LogP contribution in [0.5, 0.6) is 0 Å². The molecular formula is C61H44N2. The fraction of sp³-hybridized carbons (Fsp3) is 0.0492. The lowest BCUT2D eigenvalue weighted by atomic mass is 9.82. The molecule has 0 aromatic heterocycles. The molecule has 12 rings (SSSR count). The Labute approximate surface area is 368 Å². The van der Waals surface area contributed by atoms with Gasteiger partial charge in [-0.3, -0.25) is 0 Å². The van der Waals surface area contributed by atoms with Gasteiger partial charge in [0.15, 0.2) is 0 Å². The van der Waals surface area contributed by atoms with Crippen molar-refractivity contribution in [3.63, 3.8) is 0 Å². The summed E-state index contributed by atoms with van der Waals surface area (Å²) in [6.45, 7) is 4.73. The van der Waals surface area contributed by atoms with Gasteiger partial charge in [0, 0.05) is 38.6 Å². The van der Waals surface area contributed by atoms with Gasteiger partial charge in [-0.05, 0) is 115 Å². The van der Waals surface area contributed by atoms with Gasteiger partial charge in [0.05, 0.1) is 17.1 Å². The number of fused-ring (bicyclic) bond motifs is 7. The first-order valence-electron chi connectivity index (χ1n) is 21.9. The summed E-state index contributed by atoms with van der Waals surface area (Å²) in [7, 11) is 0. The smallest absolute Gasteiger partial charge is 0.0540 e. The molecule has 0 radical (unpaired) electrons. The van der Waals surface area contributed by atoms with Gasteiger partial charge in [0.1, 0.15) is 0 Å². The lowest BCUT2D eigenvalue weighted by Crippen LogP contribution is -2.16. The van der Waals surface area contributed by atoms with Gasteiger partial charge < -0.3 is 9.80 Å². The van der Waals surface area contributed by atoms with Crippen LogP contribution in [0.25, 0.3) is 65.3 Å². The first-order valence-corrected chi connectivity index (χ1v) is 21.9. The van der Waals surface area contributed by atoms with Crippen LogP contribution < -0.4 is 9.80 Å². The summed E-state index contributed by atoms with van der Waals surface area (Å²) in [5.41, 5.74) is 14.5. The molecule has 0 saturated heterocycles. The molecule has 0 bridgehead atoms. The van der Waals surface area contributed by atoms with Crippen molar-refractivity contribution in [2.75, 3.05) is 9.80 Å². The van der Waals surface area contributed by atoms with Gasteiger partial charge in [-0.1, -0.05) is 190 Å². The molecule has 0 heterocycles. The lowest BCUT2D eigenvalue weighted by Gasteiger charge is -2.30. The van der Waals surface area contributed by atoms with E-state index in [0.29, 0.717) is 0 Å². The molecule has 63 heavy (non-hydrogen) atoms. The second-order valence-electron chi connectivity index (χ2n) is 17.3. The maximum Gasteiger partial charge on any atom is 0.0540 e. The highest BCUT2D eigenvalue weighted by Gasteiger charge is 2.36.